The van der Waals surface area contributed by atoms with Crippen LogP contribution < -0.4 is 9.47 Å². The van der Waals surface area contributed by atoms with E-state index in [4.69, 9.17) is 20.6 Å². The number of hydrogen-bond donors (Lipinski definition) is 0. The third-order valence-electron chi connectivity index (χ3n) is 2.30. The van der Waals surface area contributed by atoms with Gasteiger partial charge in [0.1, 0.15) is 12.7 Å². The van der Waals surface area contributed by atoms with Gasteiger partial charge < -0.3 is 14.2 Å². The normalized spacial score (nSPS) is 11.4. The van der Waals surface area contributed by atoms with Crippen molar-refractivity contribution in [3.63, 3.8) is 0 Å². The summed E-state index contributed by atoms with van der Waals surface area (Å²) in [4.78, 5) is 0. The average Bonchev–Trinajstić information content (AvgIpc) is 2.39. The van der Waals surface area contributed by atoms with Crippen LogP contribution in [0.25, 0.3) is 0 Å². The summed E-state index contributed by atoms with van der Waals surface area (Å²) in [5.74, 6) is 3.76. The molecule has 3 nitrogen and oxygen atoms in total. The average molecular weight is 232 g/mol. The molecule has 0 saturated heterocycles. The van der Waals surface area contributed by atoms with Gasteiger partial charge in [-0.25, -0.2) is 0 Å². The van der Waals surface area contributed by atoms with Gasteiger partial charge in [0.05, 0.1) is 14.2 Å². The van der Waals surface area contributed by atoms with Crippen molar-refractivity contribution in [3.05, 3.63) is 36.4 Å². The summed E-state index contributed by atoms with van der Waals surface area (Å²) in [6.45, 7) is 3.96. The highest BCUT2D eigenvalue weighted by Crippen LogP contribution is 2.31. The molecule has 1 atom stereocenters. The fraction of sp³-hybridized carbons (Fsp3) is 0.286. The maximum atomic E-state index is 5.45. The lowest BCUT2D eigenvalue weighted by Gasteiger charge is -2.15. The molecule has 1 aromatic carbocycles. The lowest BCUT2D eigenvalue weighted by molar-refractivity contribution is 0.114. The lowest BCUT2D eigenvalue weighted by Crippen LogP contribution is -2.02. The predicted octanol–water partition coefficient (Wildman–Crippen LogP) is 2.58. The lowest BCUT2D eigenvalue weighted by atomic mass is 10.1. The highest BCUT2D eigenvalue weighted by Gasteiger charge is 2.11. The summed E-state index contributed by atoms with van der Waals surface area (Å²) in [6, 6.07) is 5.57. The first-order valence-corrected chi connectivity index (χ1v) is 5.16. The van der Waals surface area contributed by atoms with Gasteiger partial charge in [0.15, 0.2) is 11.5 Å². The number of hydrogen-bond acceptors (Lipinski definition) is 3. The zero-order valence-electron chi connectivity index (χ0n) is 10.1. The predicted molar refractivity (Wildman–Crippen MR) is 67.3 cm³/mol. The first-order valence-electron chi connectivity index (χ1n) is 5.16. The largest absolute Gasteiger partial charge is 0.493 e. The van der Waals surface area contributed by atoms with Crippen LogP contribution in [-0.2, 0) is 4.74 Å². The minimum Gasteiger partial charge on any atom is -0.493 e. The van der Waals surface area contributed by atoms with E-state index < -0.39 is 0 Å². The van der Waals surface area contributed by atoms with Gasteiger partial charge >= 0.3 is 0 Å². The molecule has 0 fully saturated rings. The summed E-state index contributed by atoms with van der Waals surface area (Å²) in [6.07, 6.45) is 6.61. The zero-order valence-corrected chi connectivity index (χ0v) is 10.1. The first-order chi connectivity index (χ1) is 8.26. The minimum atomic E-state index is -0.245. The third kappa shape index (κ3) is 3.27. The summed E-state index contributed by atoms with van der Waals surface area (Å²) in [7, 11) is 3.18. The standard InChI is InChI=1S/C14H16O3/c1-5-9-17-12(6-2)11-7-8-13(15-3)14(10-11)16-4/h1,6-8,10,12H,2,9H2,3-4H3. The van der Waals surface area contributed by atoms with Crippen molar-refractivity contribution < 1.29 is 14.2 Å². The Kier molecular flexibility index (Phi) is 5.12. The summed E-state index contributed by atoms with van der Waals surface area (Å²) < 4.78 is 15.8. The van der Waals surface area contributed by atoms with E-state index in [0.717, 1.165) is 5.56 Å². The number of ether oxygens (including phenoxy) is 3. The highest BCUT2D eigenvalue weighted by molar-refractivity contribution is 5.44. The molecule has 1 unspecified atom stereocenters. The number of benzene rings is 1. The van der Waals surface area contributed by atoms with Crippen LogP contribution in [0.15, 0.2) is 30.9 Å². The van der Waals surface area contributed by atoms with Crippen LogP contribution in [-0.4, -0.2) is 20.8 Å². The SMILES string of the molecule is C#CCOC(C=C)c1ccc(OC)c(OC)c1. The molecule has 3 heteroatoms. The Hall–Kier alpha value is -1.92. The second-order valence-electron chi connectivity index (χ2n) is 3.29. The van der Waals surface area contributed by atoms with Crippen molar-refractivity contribution in [1.82, 2.24) is 0 Å². The molecule has 0 amide bonds. The van der Waals surface area contributed by atoms with E-state index in [1.807, 2.05) is 18.2 Å². The minimum absolute atomic E-state index is 0.241. The van der Waals surface area contributed by atoms with E-state index in [0.29, 0.717) is 11.5 Å². The van der Waals surface area contributed by atoms with E-state index in [1.54, 1.807) is 20.3 Å². The van der Waals surface area contributed by atoms with Gasteiger partial charge in [-0.2, -0.15) is 0 Å². The molecule has 0 spiro atoms. The smallest absolute Gasteiger partial charge is 0.161 e. The maximum Gasteiger partial charge on any atom is 0.161 e. The van der Waals surface area contributed by atoms with E-state index >= 15 is 0 Å². The topological polar surface area (TPSA) is 27.7 Å². The van der Waals surface area contributed by atoms with Crippen molar-refractivity contribution >= 4 is 0 Å². The molecule has 0 N–H and O–H groups in total. The summed E-state index contributed by atoms with van der Waals surface area (Å²) in [5, 5.41) is 0. The maximum absolute atomic E-state index is 5.45. The van der Waals surface area contributed by atoms with Gasteiger partial charge in [0.25, 0.3) is 0 Å². The van der Waals surface area contributed by atoms with Gasteiger partial charge in [0, 0.05) is 0 Å². The van der Waals surface area contributed by atoms with E-state index in [2.05, 4.69) is 12.5 Å². The molecule has 0 aliphatic heterocycles. The van der Waals surface area contributed by atoms with Gasteiger partial charge in [-0.05, 0) is 17.7 Å². The van der Waals surface area contributed by atoms with Crippen LogP contribution >= 0.6 is 0 Å². The van der Waals surface area contributed by atoms with Crippen molar-refractivity contribution in [2.45, 2.75) is 6.10 Å². The monoisotopic (exact) mass is 232 g/mol. The molecule has 0 saturated carbocycles. The Morgan fingerprint density at radius 3 is 2.59 bits per heavy atom. The van der Waals surface area contributed by atoms with Crippen molar-refractivity contribution in [2.75, 3.05) is 20.8 Å². The second kappa shape index (κ2) is 6.62. The van der Waals surface area contributed by atoms with E-state index in [9.17, 15) is 0 Å². The second-order valence-corrected chi connectivity index (χ2v) is 3.29. The fourth-order valence-electron chi connectivity index (χ4n) is 1.47. The van der Waals surface area contributed by atoms with Gasteiger partial charge in [-0.1, -0.05) is 18.1 Å². The summed E-state index contributed by atoms with van der Waals surface area (Å²) in [5.41, 5.74) is 0.924. The molecule has 0 bridgehead atoms. The molecule has 0 heterocycles. The highest BCUT2D eigenvalue weighted by atomic mass is 16.5. The van der Waals surface area contributed by atoms with Crippen molar-refractivity contribution in [2.24, 2.45) is 0 Å². The zero-order chi connectivity index (χ0) is 12.7. The molecular weight excluding hydrogens is 216 g/mol. The van der Waals surface area contributed by atoms with Gasteiger partial charge in [0.2, 0.25) is 0 Å². The van der Waals surface area contributed by atoms with Crippen LogP contribution in [0.5, 0.6) is 11.5 Å². The number of terminal acetylenes is 1. The van der Waals surface area contributed by atoms with Crippen LogP contribution in [0.4, 0.5) is 0 Å². The Bertz CT molecular complexity index is 418. The Labute approximate surface area is 102 Å². The molecule has 17 heavy (non-hydrogen) atoms. The quantitative estimate of drug-likeness (QED) is 0.557. The van der Waals surface area contributed by atoms with Crippen molar-refractivity contribution in [3.8, 4) is 23.8 Å². The van der Waals surface area contributed by atoms with Gasteiger partial charge in [-0.15, -0.1) is 13.0 Å². The number of methoxy groups -OCH3 is 2. The molecule has 0 aliphatic rings. The van der Waals surface area contributed by atoms with Crippen LogP contribution in [0, 0.1) is 12.3 Å². The van der Waals surface area contributed by atoms with E-state index in [1.165, 1.54) is 0 Å². The molecular formula is C14H16O3. The Morgan fingerprint density at radius 2 is 2.06 bits per heavy atom. The molecule has 0 radical (unpaired) electrons. The molecule has 90 valence electrons. The van der Waals surface area contributed by atoms with Crippen molar-refractivity contribution in [1.29, 1.82) is 0 Å². The van der Waals surface area contributed by atoms with Crippen LogP contribution in [0.1, 0.15) is 11.7 Å². The molecule has 0 aliphatic carbocycles. The summed E-state index contributed by atoms with van der Waals surface area (Å²) >= 11 is 0. The Balaban J connectivity index is 2.97. The third-order valence-corrected chi connectivity index (χ3v) is 2.30. The molecule has 0 aromatic heterocycles. The Morgan fingerprint density at radius 1 is 1.35 bits per heavy atom. The molecule has 1 aromatic rings. The van der Waals surface area contributed by atoms with Gasteiger partial charge in [-0.3, -0.25) is 0 Å². The van der Waals surface area contributed by atoms with Crippen LogP contribution in [0.3, 0.4) is 0 Å². The first kappa shape index (κ1) is 13.1. The van der Waals surface area contributed by atoms with E-state index in [-0.39, 0.29) is 12.7 Å². The molecule has 1 rings (SSSR count). The fourth-order valence-corrected chi connectivity index (χ4v) is 1.47. The van der Waals surface area contributed by atoms with Crippen LogP contribution in [0.2, 0.25) is 0 Å². The number of rotatable bonds is 6.